The zero-order valence-corrected chi connectivity index (χ0v) is 22.5. The normalized spacial score (nSPS) is 20.8. The average Bonchev–Trinajstić information content (AvgIpc) is 3.16. The van der Waals surface area contributed by atoms with Crippen molar-refractivity contribution in [2.24, 2.45) is 0 Å². The summed E-state index contributed by atoms with van der Waals surface area (Å²) < 4.78 is 38.6. The first kappa shape index (κ1) is 29.5. The minimum atomic E-state index is -1.22. The number of rotatable bonds is 12. The number of hydrogen-bond donors (Lipinski definition) is 0. The van der Waals surface area contributed by atoms with Crippen molar-refractivity contribution in [2.45, 2.75) is 65.0 Å². The molecule has 1 aliphatic heterocycles. The van der Waals surface area contributed by atoms with Crippen LogP contribution in [-0.2, 0) is 23.3 Å². The number of nitro benzene ring substituents is 1. The van der Waals surface area contributed by atoms with Gasteiger partial charge in [-0.05, 0) is 27.7 Å². The molecule has 13 heteroatoms. The summed E-state index contributed by atoms with van der Waals surface area (Å²) in [5.74, 6) is 0.565. The van der Waals surface area contributed by atoms with Gasteiger partial charge in [0.05, 0.1) is 62.1 Å². The van der Waals surface area contributed by atoms with E-state index in [1.165, 1.54) is 21.1 Å². The van der Waals surface area contributed by atoms with E-state index in [4.69, 9.17) is 38.0 Å². The summed E-state index contributed by atoms with van der Waals surface area (Å²) in [6.07, 6.45) is -2.64. The van der Waals surface area contributed by atoms with E-state index in [0.29, 0.717) is 17.7 Å². The number of nitrogens with zero attached hydrogens (tertiary/aromatic N) is 2. The molecule has 0 aromatic heterocycles. The molecule has 36 heavy (non-hydrogen) atoms. The van der Waals surface area contributed by atoms with Crippen LogP contribution in [0.3, 0.4) is 0 Å². The lowest BCUT2D eigenvalue weighted by molar-refractivity contribution is -0.386. The van der Waals surface area contributed by atoms with E-state index < -0.39 is 37.8 Å². The van der Waals surface area contributed by atoms with Crippen molar-refractivity contribution in [1.29, 1.82) is 5.26 Å². The predicted octanol–water partition coefficient (Wildman–Crippen LogP) is 4.88. The van der Waals surface area contributed by atoms with Crippen LogP contribution in [0.4, 0.5) is 10.5 Å². The largest absolute Gasteiger partial charge is 0.509 e. The minimum absolute atomic E-state index is 0.131. The Kier molecular flexibility index (Phi) is 11.1. The highest BCUT2D eigenvalue weighted by molar-refractivity contribution is 7.46. The number of carbonyl (C=O) groups excluding carboxylic acids is 1. The fourth-order valence-electron chi connectivity index (χ4n) is 4.16. The van der Waals surface area contributed by atoms with Crippen LogP contribution in [0.5, 0.6) is 11.5 Å². The fraction of sp³-hybridized carbons (Fsp3) is 0.652. The third-order valence-corrected chi connectivity index (χ3v) is 6.77. The second-order valence-electron chi connectivity index (χ2n) is 8.20. The molecule has 1 aliphatic rings. The molecule has 0 bridgehead atoms. The van der Waals surface area contributed by atoms with E-state index in [0.717, 1.165) is 0 Å². The molecule has 1 heterocycles. The molecule has 0 radical (unpaired) electrons. The van der Waals surface area contributed by atoms with Crippen LogP contribution in [-0.4, -0.2) is 63.5 Å². The lowest BCUT2D eigenvalue weighted by atomic mass is 9.96. The monoisotopic (exact) mass is 528 g/mol. The van der Waals surface area contributed by atoms with Gasteiger partial charge in [-0.2, -0.15) is 5.26 Å². The summed E-state index contributed by atoms with van der Waals surface area (Å²) in [4.78, 5) is 24.1. The number of methoxy groups -OCH3 is 2. The standard InChI is InChI=1S/C23H33N2O10P/c1-13-11-17(18(33-13)12-32-36(7)31-10-8-9-24)35-23(26)34-16(4)19-14(2)21(29-5)22(30-6)15(3)20(19)25(27)28/h13,16-18H,8,10-12H2,1-7H3/t13-,16?,17?,18+,36?/m0/s1. The van der Waals surface area contributed by atoms with Crippen molar-refractivity contribution in [3.05, 3.63) is 26.8 Å². The Morgan fingerprint density at radius 2 is 1.89 bits per heavy atom. The van der Waals surface area contributed by atoms with Gasteiger partial charge in [-0.1, -0.05) is 0 Å². The first-order valence-corrected chi connectivity index (χ1v) is 13.0. The highest BCUT2D eigenvalue weighted by Crippen LogP contribution is 2.46. The van der Waals surface area contributed by atoms with Crippen LogP contribution < -0.4 is 9.47 Å². The highest BCUT2D eigenvalue weighted by atomic mass is 31.2. The Labute approximate surface area is 211 Å². The summed E-state index contributed by atoms with van der Waals surface area (Å²) in [6.45, 7) is 8.72. The van der Waals surface area contributed by atoms with Gasteiger partial charge in [0.1, 0.15) is 18.3 Å². The molecule has 2 rings (SSSR count). The maximum absolute atomic E-state index is 12.7. The van der Waals surface area contributed by atoms with Gasteiger partial charge in [0.25, 0.3) is 5.69 Å². The molecule has 200 valence electrons. The smallest absolute Gasteiger partial charge is 0.493 e. The molecular formula is C23H33N2O10P. The van der Waals surface area contributed by atoms with Crippen LogP contribution >= 0.6 is 8.38 Å². The minimum Gasteiger partial charge on any atom is -0.493 e. The second kappa shape index (κ2) is 13.6. The van der Waals surface area contributed by atoms with Gasteiger partial charge in [-0.25, -0.2) is 4.79 Å². The van der Waals surface area contributed by atoms with E-state index >= 15 is 0 Å². The van der Waals surface area contributed by atoms with Crippen molar-refractivity contribution in [3.63, 3.8) is 0 Å². The van der Waals surface area contributed by atoms with Crippen molar-refractivity contribution in [2.75, 3.05) is 34.1 Å². The molecule has 3 unspecified atom stereocenters. The molecule has 0 N–H and O–H groups in total. The van der Waals surface area contributed by atoms with Gasteiger partial charge in [-0.3, -0.25) is 10.1 Å². The Bertz CT molecular complexity index is 983. The Morgan fingerprint density at radius 1 is 1.25 bits per heavy atom. The molecular weight excluding hydrogens is 495 g/mol. The topological polar surface area (TPSA) is 149 Å². The van der Waals surface area contributed by atoms with Crippen molar-refractivity contribution >= 4 is 20.2 Å². The zero-order valence-electron chi connectivity index (χ0n) is 21.6. The third kappa shape index (κ3) is 7.17. The number of ether oxygens (including phenoxy) is 5. The van der Waals surface area contributed by atoms with E-state index in [2.05, 4.69) is 0 Å². The Balaban J connectivity index is 2.13. The number of benzene rings is 1. The number of carbonyl (C=O) groups is 1. The maximum atomic E-state index is 12.7. The molecule has 0 saturated carbocycles. The van der Waals surface area contributed by atoms with Crippen molar-refractivity contribution in [1.82, 2.24) is 0 Å². The SMILES string of the molecule is COc1c(C)c(C(C)OC(=O)OC2C[C@H](C)O[C@@H]2COP(C)OCCC#N)c([N+](=O)[O-])c(C)c1OC. The van der Waals surface area contributed by atoms with Gasteiger partial charge < -0.3 is 32.7 Å². The fourth-order valence-corrected chi connectivity index (χ4v) is 4.94. The summed E-state index contributed by atoms with van der Waals surface area (Å²) in [7, 11) is 1.61. The third-order valence-electron chi connectivity index (χ3n) is 5.71. The Morgan fingerprint density at radius 3 is 2.47 bits per heavy atom. The van der Waals surface area contributed by atoms with Crippen LogP contribution in [0, 0.1) is 35.3 Å². The molecule has 12 nitrogen and oxygen atoms in total. The number of nitriles is 1. The van der Waals surface area contributed by atoms with E-state index in [1.807, 2.05) is 13.0 Å². The average molecular weight is 528 g/mol. The van der Waals surface area contributed by atoms with Gasteiger partial charge in [0.2, 0.25) is 0 Å². The first-order valence-electron chi connectivity index (χ1n) is 11.3. The van der Waals surface area contributed by atoms with Crippen LogP contribution in [0.15, 0.2) is 0 Å². The summed E-state index contributed by atoms with van der Waals surface area (Å²) in [5.41, 5.74) is 0.646. The molecule has 0 aliphatic carbocycles. The summed E-state index contributed by atoms with van der Waals surface area (Å²) in [5, 5.41) is 20.5. The van der Waals surface area contributed by atoms with Gasteiger partial charge in [0.15, 0.2) is 19.9 Å². The summed E-state index contributed by atoms with van der Waals surface area (Å²) >= 11 is 0. The summed E-state index contributed by atoms with van der Waals surface area (Å²) in [6, 6.07) is 1.99. The number of hydrogen-bond acceptors (Lipinski definition) is 11. The molecule has 1 saturated heterocycles. The quantitative estimate of drug-likeness (QED) is 0.120. The molecule has 1 fully saturated rings. The van der Waals surface area contributed by atoms with Crippen molar-refractivity contribution < 1.29 is 42.4 Å². The van der Waals surface area contributed by atoms with Crippen LogP contribution in [0.1, 0.15) is 49.5 Å². The zero-order chi connectivity index (χ0) is 27.0. The molecule has 0 amide bonds. The van der Waals surface area contributed by atoms with Crippen molar-refractivity contribution in [3.8, 4) is 17.6 Å². The first-order chi connectivity index (χ1) is 17.0. The predicted molar refractivity (Wildman–Crippen MR) is 129 cm³/mol. The molecule has 1 aromatic carbocycles. The Hall–Kier alpha value is -2.71. The van der Waals surface area contributed by atoms with Gasteiger partial charge >= 0.3 is 6.16 Å². The lowest BCUT2D eigenvalue weighted by Crippen LogP contribution is -2.31. The molecule has 1 aromatic rings. The van der Waals surface area contributed by atoms with Crippen LogP contribution in [0.25, 0.3) is 0 Å². The maximum Gasteiger partial charge on any atom is 0.509 e. The van der Waals surface area contributed by atoms with Gasteiger partial charge in [-0.15, -0.1) is 0 Å². The van der Waals surface area contributed by atoms with Gasteiger partial charge in [0, 0.05) is 18.6 Å². The highest BCUT2D eigenvalue weighted by Gasteiger charge is 2.38. The molecule has 5 atom stereocenters. The number of nitro groups is 1. The van der Waals surface area contributed by atoms with E-state index in [-0.39, 0.29) is 48.3 Å². The molecule has 0 spiro atoms. The van der Waals surface area contributed by atoms with Crippen LogP contribution in [0.2, 0.25) is 0 Å². The lowest BCUT2D eigenvalue weighted by Gasteiger charge is -2.23. The van der Waals surface area contributed by atoms with E-state index in [1.54, 1.807) is 20.5 Å². The van der Waals surface area contributed by atoms with E-state index in [9.17, 15) is 14.9 Å². The second-order valence-corrected chi connectivity index (χ2v) is 9.60.